The lowest BCUT2D eigenvalue weighted by Crippen LogP contribution is -2.52. The van der Waals surface area contributed by atoms with E-state index >= 15 is 0 Å². The van der Waals surface area contributed by atoms with Gasteiger partial charge in [0.1, 0.15) is 0 Å². The van der Waals surface area contributed by atoms with Crippen LogP contribution in [0.3, 0.4) is 0 Å². The predicted molar refractivity (Wildman–Crippen MR) is 94.8 cm³/mol. The summed E-state index contributed by atoms with van der Waals surface area (Å²) in [5.41, 5.74) is 0.952. The first kappa shape index (κ1) is 16.0. The molecule has 4 aliphatic rings. The van der Waals surface area contributed by atoms with Crippen molar-refractivity contribution < 1.29 is 4.74 Å². The summed E-state index contributed by atoms with van der Waals surface area (Å²) in [6.07, 6.45) is 19.1. The van der Waals surface area contributed by atoms with E-state index in [1.165, 1.54) is 57.8 Å². The molecule has 0 aromatic rings. The zero-order valence-electron chi connectivity index (χ0n) is 15.3. The fraction of sp³-hybridized carbons (Fsp3) is 0.909. The van der Waals surface area contributed by atoms with E-state index in [4.69, 9.17) is 11.2 Å². The Morgan fingerprint density at radius 2 is 1.78 bits per heavy atom. The van der Waals surface area contributed by atoms with Gasteiger partial charge in [-0.3, -0.25) is 0 Å². The molecule has 0 amide bonds. The van der Waals surface area contributed by atoms with Gasteiger partial charge in [0.15, 0.2) is 0 Å². The second-order valence-corrected chi connectivity index (χ2v) is 9.60. The van der Waals surface area contributed by atoms with Crippen LogP contribution in [0.4, 0.5) is 0 Å². The zero-order valence-corrected chi connectivity index (χ0v) is 15.3. The third kappa shape index (κ3) is 2.10. The summed E-state index contributed by atoms with van der Waals surface area (Å²) in [7, 11) is 1.87. The zero-order chi connectivity index (χ0) is 16.2. The van der Waals surface area contributed by atoms with E-state index in [9.17, 15) is 0 Å². The second-order valence-electron chi connectivity index (χ2n) is 9.60. The van der Waals surface area contributed by atoms with Gasteiger partial charge < -0.3 is 4.74 Å². The quantitative estimate of drug-likeness (QED) is 0.597. The third-order valence-electron chi connectivity index (χ3n) is 9.07. The van der Waals surface area contributed by atoms with Crippen molar-refractivity contribution in [3.63, 3.8) is 0 Å². The Morgan fingerprint density at radius 1 is 0.957 bits per heavy atom. The lowest BCUT2D eigenvalue weighted by Gasteiger charge is -2.60. The molecule has 0 heterocycles. The molecule has 0 saturated heterocycles. The number of hydrogen-bond acceptors (Lipinski definition) is 1. The SMILES string of the molecule is C#C[C@H]1[C@H](OC)C[C@H]2[C@@H]3CC[C@H]4CCCC[C@]4(C)[C@H]3CC[C@]12C. The Bertz CT molecular complexity index is 505. The Kier molecular flexibility index (Phi) is 3.84. The molecule has 0 spiro atoms. The minimum absolute atomic E-state index is 0.297. The van der Waals surface area contributed by atoms with Gasteiger partial charge in [-0.25, -0.2) is 0 Å². The minimum atomic E-state index is 0.297. The monoisotopic (exact) mass is 314 g/mol. The molecule has 0 bridgehead atoms. The first-order valence-electron chi connectivity index (χ1n) is 10.0. The maximum atomic E-state index is 5.96. The Morgan fingerprint density at radius 3 is 2.52 bits per heavy atom. The van der Waals surface area contributed by atoms with Crippen LogP contribution in [0.25, 0.3) is 0 Å². The van der Waals surface area contributed by atoms with Gasteiger partial charge in [0.05, 0.1) is 12.0 Å². The van der Waals surface area contributed by atoms with Crippen LogP contribution in [0.5, 0.6) is 0 Å². The van der Waals surface area contributed by atoms with Crippen LogP contribution >= 0.6 is 0 Å². The van der Waals surface area contributed by atoms with Crippen LogP contribution in [0, 0.1) is 52.8 Å². The summed E-state index contributed by atoms with van der Waals surface area (Å²) in [5, 5.41) is 0. The minimum Gasteiger partial charge on any atom is -0.380 e. The van der Waals surface area contributed by atoms with Crippen molar-refractivity contribution in [3.05, 3.63) is 0 Å². The first-order valence-corrected chi connectivity index (χ1v) is 10.0. The first-order chi connectivity index (χ1) is 11.0. The van der Waals surface area contributed by atoms with E-state index in [2.05, 4.69) is 19.8 Å². The van der Waals surface area contributed by atoms with Crippen LogP contribution in [0.15, 0.2) is 0 Å². The average Bonchev–Trinajstić information content (AvgIpc) is 2.85. The van der Waals surface area contributed by atoms with Crippen molar-refractivity contribution >= 4 is 0 Å². The molecule has 128 valence electrons. The predicted octanol–water partition coefficient (Wildman–Crippen LogP) is 5.29. The summed E-state index contributed by atoms with van der Waals surface area (Å²) in [6, 6.07) is 0. The van der Waals surface area contributed by atoms with Crippen LogP contribution in [0.1, 0.15) is 71.6 Å². The summed E-state index contributed by atoms with van der Waals surface area (Å²) < 4.78 is 5.84. The third-order valence-corrected chi connectivity index (χ3v) is 9.07. The van der Waals surface area contributed by atoms with E-state index in [0.717, 1.165) is 23.7 Å². The molecular weight excluding hydrogens is 280 g/mol. The normalized spacial score (nSPS) is 55.4. The molecule has 8 atom stereocenters. The lowest BCUT2D eigenvalue weighted by molar-refractivity contribution is -0.107. The number of fused-ring (bicyclic) bond motifs is 5. The summed E-state index contributed by atoms with van der Waals surface area (Å²) in [6.45, 7) is 5.14. The van der Waals surface area contributed by atoms with Gasteiger partial charge in [0.25, 0.3) is 0 Å². The number of methoxy groups -OCH3 is 1. The van der Waals surface area contributed by atoms with Crippen molar-refractivity contribution in [1.82, 2.24) is 0 Å². The molecule has 0 aliphatic heterocycles. The Hall–Kier alpha value is -0.480. The van der Waals surface area contributed by atoms with E-state index in [-0.39, 0.29) is 0 Å². The number of rotatable bonds is 1. The number of ether oxygens (including phenoxy) is 1. The van der Waals surface area contributed by atoms with E-state index in [0.29, 0.717) is 22.9 Å². The molecule has 0 unspecified atom stereocenters. The largest absolute Gasteiger partial charge is 0.380 e. The molecule has 1 nitrogen and oxygen atoms in total. The Balaban J connectivity index is 1.65. The van der Waals surface area contributed by atoms with Crippen molar-refractivity contribution in [2.75, 3.05) is 7.11 Å². The lowest BCUT2D eigenvalue weighted by atomic mass is 9.45. The van der Waals surface area contributed by atoms with Gasteiger partial charge in [-0.05, 0) is 79.4 Å². The van der Waals surface area contributed by atoms with E-state index in [1.807, 2.05) is 7.11 Å². The van der Waals surface area contributed by atoms with Gasteiger partial charge in [-0.1, -0.05) is 26.7 Å². The molecule has 1 heteroatoms. The van der Waals surface area contributed by atoms with Crippen molar-refractivity contribution in [1.29, 1.82) is 0 Å². The van der Waals surface area contributed by atoms with Crippen LogP contribution in [0.2, 0.25) is 0 Å². The molecule has 4 saturated carbocycles. The van der Waals surface area contributed by atoms with E-state index in [1.54, 1.807) is 0 Å². The topological polar surface area (TPSA) is 9.23 Å². The van der Waals surface area contributed by atoms with Gasteiger partial charge >= 0.3 is 0 Å². The molecular formula is C22H34O. The van der Waals surface area contributed by atoms with E-state index < -0.39 is 0 Å². The maximum absolute atomic E-state index is 5.96. The van der Waals surface area contributed by atoms with Crippen molar-refractivity contribution in [3.8, 4) is 12.3 Å². The summed E-state index contributed by atoms with van der Waals surface area (Å²) >= 11 is 0. The van der Waals surface area contributed by atoms with Crippen LogP contribution in [-0.4, -0.2) is 13.2 Å². The van der Waals surface area contributed by atoms with Gasteiger partial charge in [-0.2, -0.15) is 0 Å². The highest BCUT2D eigenvalue weighted by Gasteiger charge is 2.61. The highest BCUT2D eigenvalue weighted by molar-refractivity contribution is 5.17. The highest BCUT2D eigenvalue weighted by atomic mass is 16.5. The van der Waals surface area contributed by atoms with Gasteiger partial charge in [-0.15, -0.1) is 12.3 Å². The maximum Gasteiger partial charge on any atom is 0.0716 e. The van der Waals surface area contributed by atoms with Crippen molar-refractivity contribution in [2.24, 2.45) is 40.4 Å². The molecule has 23 heavy (non-hydrogen) atoms. The Labute approximate surface area is 142 Å². The average molecular weight is 315 g/mol. The van der Waals surface area contributed by atoms with Gasteiger partial charge in [0.2, 0.25) is 0 Å². The fourth-order valence-electron chi connectivity index (χ4n) is 7.81. The molecule has 0 N–H and O–H groups in total. The highest BCUT2D eigenvalue weighted by Crippen LogP contribution is 2.67. The molecule has 4 rings (SSSR count). The second kappa shape index (κ2) is 5.52. The van der Waals surface area contributed by atoms with Crippen molar-refractivity contribution in [2.45, 2.75) is 77.7 Å². The standard InChI is InChI=1S/C22H34O/c1-5-17-20(23-4)14-19-16-10-9-15-8-6-7-12-21(15,2)18(16)11-13-22(17,19)3/h1,15-20H,6-14H2,2-4H3/t15-,16-,17+,18+,19+,20-,21+,22-/m1/s1. The summed E-state index contributed by atoms with van der Waals surface area (Å²) in [4.78, 5) is 0. The molecule has 0 aromatic heterocycles. The fourth-order valence-corrected chi connectivity index (χ4v) is 7.81. The van der Waals surface area contributed by atoms with Gasteiger partial charge in [0, 0.05) is 7.11 Å². The number of terminal acetylenes is 1. The van der Waals surface area contributed by atoms with Crippen LogP contribution in [-0.2, 0) is 4.74 Å². The van der Waals surface area contributed by atoms with Crippen LogP contribution < -0.4 is 0 Å². The molecule has 4 aliphatic carbocycles. The summed E-state index contributed by atoms with van der Waals surface area (Å²) in [5.74, 6) is 7.13. The smallest absolute Gasteiger partial charge is 0.0716 e. The number of hydrogen-bond donors (Lipinski definition) is 0. The molecule has 0 radical (unpaired) electrons. The molecule has 0 aromatic carbocycles. The molecule has 4 fully saturated rings.